The molecule has 1 fully saturated rings. The SMILES string of the molecule is C=C(C1=C(NC)CC(C)(CC)CC1)c1cc2ccc(N(C)C(=O)CN3C(=O)CC[C@H]3COC)cc2[nH]1. The molecule has 2 aliphatic rings. The first kappa shape index (κ1) is 26.0. The molecule has 7 nitrogen and oxygen atoms in total. The summed E-state index contributed by atoms with van der Waals surface area (Å²) in [5.74, 6) is -0.106. The number of H-pyrrole nitrogens is 1. The molecule has 0 saturated carbocycles. The molecule has 0 radical (unpaired) electrons. The molecular weight excluding hydrogens is 452 g/mol. The third-order valence-electron chi connectivity index (χ3n) is 8.28. The monoisotopic (exact) mass is 492 g/mol. The Morgan fingerprint density at radius 3 is 2.81 bits per heavy atom. The van der Waals surface area contributed by atoms with Crippen molar-refractivity contribution in [3.05, 3.63) is 47.8 Å². The van der Waals surface area contributed by atoms with Crippen molar-refractivity contribution in [1.82, 2.24) is 15.2 Å². The number of carbonyl (C=O) groups is 2. The molecular formula is C29H40N4O3. The average Bonchev–Trinajstić information content (AvgIpc) is 3.46. The van der Waals surface area contributed by atoms with Crippen LogP contribution < -0.4 is 10.2 Å². The van der Waals surface area contributed by atoms with Gasteiger partial charge in [0.25, 0.3) is 0 Å². The summed E-state index contributed by atoms with van der Waals surface area (Å²) in [4.78, 5) is 32.2. The molecule has 2 N–H and O–H groups in total. The number of anilines is 1. The first-order valence-electron chi connectivity index (χ1n) is 13.0. The van der Waals surface area contributed by atoms with Crippen molar-refractivity contribution in [2.75, 3.05) is 39.3 Å². The van der Waals surface area contributed by atoms with Gasteiger partial charge in [-0.05, 0) is 60.4 Å². The van der Waals surface area contributed by atoms with E-state index in [0.29, 0.717) is 18.4 Å². The number of hydrogen-bond donors (Lipinski definition) is 2. The van der Waals surface area contributed by atoms with E-state index in [1.165, 1.54) is 11.3 Å². The standard InChI is InChI=1S/C29H40N4O3/c1-7-29(3)13-12-23(26(16-29)30-4)19(2)24-14-20-8-9-21(15-25(20)31-24)32(5)28(35)17-33-22(18-36-6)10-11-27(33)34/h8-9,14-15,22,30-31H,2,7,10-13,16-18H2,1,3-6H3/t22-,29?/m0/s1. The van der Waals surface area contributed by atoms with E-state index >= 15 is 0 Å². The van der Waals surface area contributed by atoms with Crippen molar-refractivity contribution in [1.29, 1.82) is 0 Å². The van der Waals surface area contributed by atoms with Gasteiger partial charge in [-0.25, -0.2) is 0 Å². The largest absolute Gasteiger partial charge is 0.391 e. The van der Waals surface area contributed by atoms with E-state index in [-0.39, 0.29) is 24.4 Å². The van der Waals surface area contributed by atoms with Crippen LogP contribution in [0.3, 0.4) is 0 Å². The van der Waals surface area contributed by atoms with Crippen LogP contribution in [0.1, 0.15) is 58.1 Å². The maximum absolute atomic E-state index is 13.1. The van der Waals surface area contributed by atoms with Gasteiger partial charge in [-0.3, -0.25) is 9.59 Å². The number of aromatic nitrogens is 1. The van der Waals surface area contributed by atoms with Crippen molar-refractivity contribution in [2.24, 2.45) is 5.41 Å². The van der Waals surface area contributed by atoms with Gasteiger partial charge in [0.15, 0.2) is 0 Å². The summed E-state index contributed by atoms with van der Waals surface area (Å²) in [5, 5.41) is 4.51. The van der Waals surface area contributed by atoms with Crippen molar-refractivity contribution in [3.8, 4) is 0 Å². The summed E-state index contributed by atoms with van der Waals surface area (Å²) < 4.78 is 5.24. The lowest BCUT2D eigenvalue weighted by Gasteiger charge is -2.36. The second kappa shape index (κ2) is 10.5. The van der Waals surface area contributed by atoms with Gasteiger partial charge in [0.2, 0.25) is 11.8 Å². The van der Waals surface area contributed by atoms with Crippen molar-refractivity contribution in [2.45, 2.75) is 58.4 Å². The number of allylic oxidation sites excluding steroid dienone is 3. The minimum absolute atomic E-state index is 0.0129. The fourth-order valence-electron chi connectivity index (χ4n) is 5.49. The van der Waals surface area contributed by atoms with Crippen LogP contribution in [0, 0.1) is 5.41 Å². The summed E-state index contributed by atoms with van der Waals surface area (Å²) in [5.41, 5.74) is 6.68. The molecule has 36 heavy (non-hydrogen) atoms. The Morgan fingerprint density at radius 1 is 1.33 bits per heavy atom. The second-order valence-corrected chi connectivity index (χ2v) is 10.6. The predicted molar refractivity (Wildman–Crippen MR) is 146 cm³/mol. The minimum Gasteiger partial charge on any atom is -0.391 e. The maximum atomic E-state index is 13.1. The number of ether oxygens (including phenoxy) is 1. The molecule has 1 aliphatic heterocycles. The van der Waals surface area contributed by atoms with Crippen molar-refractivity contribution >= 4 is 34.0 Å². The summed E-state index contributed by atoms with van der Waals surface area (Å²) in [6, 6.07) is 8.06. The quantitative estimate of drug-likeness (QED) is 0.524. The first-order valence-corrected chi connectivity index (χ1v) is 13.0. The number of nitrogens with one attached hydrogen (secondary N) is 2. The number of likely N-dealkylation sites (N-methyl/N-ethyl adjacent to an activating group) is 1. The molecule has 1 saturated heterocycles. The van der Waals surface area contributed by atoms with Gasteiger partial charge in [-0.15, -0.1) is 0 Å². The first-order chi connectivity index (χ1) is 17.2. The topological polar surface area (TPSA) is 77.7 Å². The van der Waals surface area contributed by atoms with E-state index < -0.39 is 0 Å². The lowest BCUT2D eigenvalue weighted by molar-refractivity contribution is -0.134. The molecule has 1 aromatic heterocycles. The zero-order valence-corrected chi connectivity index (χ0v) is 22.4. The smallest absolute Gasteiger partial charge is 0.246 e. The normalized spacial score (nSPS) is 22.4. The molecule has 2 aromatic rings. The molecule has 2 atom stereocenters. The van der Waals surface area contributed by atoms with Crippen LogP contribution in [-0.2, 0) is 14.3 Å². The predicted octanol–water partition coefficient (Wildman–Crippen LogP) is 4.86. The fraction of sp³-hybridized carbons (Fsp3) is 0.517. The van der Waals surface area contributed by atoms with E-state index in [1.807, 2.05) is 25.2 Å². The third kappa shape index (κ3) is 5.07. The minimum atomic E-state index is -0.119. The number of hydrogen-bond acceptors (Lipinski definition) is 4. The molecule has 1 aliphatic carbocycles. The van der Waals surface area contributed by atoms with Gasteiger partial charge in [-0.2, -0.15) is 0 Å². The van der Waals surface area contributed by atoms with Gasteiger partial charge in [0.05, 0.1) is 12.6 Å². The number of methoxy groups -OCH3 is 1. The summed E-state index contributed by atoms with van der Waals surface area (Å²) >= 11 is 0. The van der Waals surface area contributed by atoms with Crippen LogP contribution in [-0.4, -0.2) is 62.1 Å². The summed E-state index contributed by atoms with van der Waals surface area (Å²) in [6.07, 6.45) is 5.57. The third-order valence-corrected chi connectivity index (χ3v) is 8.28. The number of likely N-dealkylation sites (tertiary alicyclic amines) is 1. The number of amides is 2. The van der Waals surface area contributed by atoms with E-state index in [4.69, 9.17) is 4.74 Å². The van der Waals surface area contributed by atoms with Crippen molar-refractivity contribution in [3.63, 3.8) is 0 Å². The number of carbonyl (C=O) groups excluding carboxylic acids is 2. The maximum Gasteiger partial charge on any atom is 0.246 e. The Morgan fingerprint density at radius 2 is 2.11 bits per heavy atom. The Labute approximate surface area is 214 Å². The van der Waals surface area contributed by atoms with Crippen LogP contribution >= 0.6 is 0 Å². The van der Waals surface area contributed by atoms with E-state index in [9.17, 15) is 9.59 Å². The highest BCUT2D eigenvalue weighted by Gasteiger charge is 2.33. The molecule has 0 bridgehead atoms. The van der Waals surface area contributed by atoms with E-state index in [0.717, 1.165) is 60.0 Å². The molecule has 4 rings (SSSR count). The Kier molecular flexibility index (Phi) is 7.59. The van der Waals surface area contributed by atoms with Crippen LogP contribution in [0.2, 0.25) is 0 Å². The molecule has 7 heteroatoms. The second-order valence-electron chi connectivity index (χ2n) is 10.6. The number of aromatic amines is 1. The summed E-state index contributed by atoms with van der Waals surface area (Å²) in [7, 11) is 5.38. The van der Waals surface area contributed by atoms with Gasteiger partial charge in [0.1, 0.15) is 6.54 Å². The van der Waals surface area contributed by atoms with E-state index in [2.05, 4.69) is 36.8 Å². The molecule has 0 spiro atoms. The molecule has 1 aromatic carbocycles. The highest BCUT2D eigenvalue weighted by atomic mass is 16.5. The molecule has 1 unspecified atom stereocenters. The number of rotatable bonds is 9. The zero-order chi connectivity index (χ0) is 26.0. The van der Waals surface area contributed by atoms with Crippen molar-refractivity contribution < 1.29 is 14.3 Å². The Hall–Kier alpha value is -3.06. The molecule has 2 amide bonds. The van der Waals surface area contributed by atoms with Crippen LogP contribution in [0.5, 0.6) is 0 Å². The van der Waals surface area contributed by atoms with Crippen LogP contribution in [0.25, 0.3) is 16.5 Å². The number of fused-ring (bicyclic) bond motifs is 1. The number of benzene rings is 1. The Bertz CT molecular complexity index is 1200. The lowest BCUT2D eigenvalue weighted by atomic mass is 9.72. The highest BCUT2D eigenvalue weighted by Crippen LogP contribution is 2.44. The fourth-order valence-corrected chi connectivity index (χ4v) is 5.49. The van der Waals surface area contributed by atoms with Gasteiger partial charge in [-0.1, -0.05) is 32.9 Å². The zero-order valence-electron chi connectivity index (χ0n) is 22.4. The lowest BCUT2D eigenvalue weighted by Crippen LogP contribution is -2.44. The highest BCUT2D eigenvalue weighted by molar-refractivity contribution is 5.99. The Balaban J connectivity index is 1.52. The van der Waals surface area contributed by atoms with Gasteiger partial charge < -0.3 is 24.8 Å². The summed E-state index contributed by atoms with van der Waals surface area (Å²) in [6.45, 7) is 9.59. The van der Waals surface area contributed by atoms with Gasteiger partial charge in [0, 0.05) is 55.6 Å². The van der Waals surface area contributed by atoms with E-state index in [1.54, 1.807) is 24.0 Å². The van der Waals surface area contributed by atoms with Crippen LogP contribution in [0.4, 0.5) is 5.69 Å². The average molecular weight is 493 g/mol. The molecule has 194 valence electrons. The van der Waals surface area contributed by atoms with Gasteiger partial charge >= 0.3 is 0 Å². The molecule has 2 heterocycles. The van der Waals surface area contributed by atoms with Crippen LogP contribution in [0.15, 0.2) is 42.1 Å². The number of nitrogens with zero attached hydrogens (tertiary/aromatic N) is 2.